The van der Waals surface area contributed by atoms with Gasteiger partial charge >= 0.3 is 0 Å². The van der Waals surface area contributed by atoms with E-state index < -0.39 is 5.91 Å². The number of anilines is 1. The number of benzene rings is 1. The standard InChI is InChI=1S/C15H15N3O/c1-18-8-7-11-9-10(5-6-14(11)18)12-3-2-4-13(17-12)15(16)19/h2-6,9H,7-8H2,1H3,(H2,16,19). The lowest BCUT2D eigenvalue weighted by atomic mass is 10.1. The van der Waals surface area contributed by atoms with Crippen LogP contribution in [-0.4, -0.2) is 24.5 Å². The number of rotatable bonds is 2. The number of carbonyl (C=O) groups excluding carboxylic acids is 1. The number of pyridine rings is 1. The van der Waals surface area contributed by atoms with Gasteiger partial charge in [-0.15, -0.1) is 0 Å². The van der Waals surface area contributed by atoms with Gasteiger partial charge in [0.2, 0.25) is 0 Å². The molecule has 0 unspecified atom stereocenters. The minimum absolute atomic E-state index is 0.301. The van der Waals surface area contributed by atoms with Crippen molar-refractivity contribution < 1.29 is 4.79 Å². The van der Waals surface area contributed by atoms with Crippen molar-refractivity contribution in [2.45, 2.75) is 6.42 Å². The molecule has 4 heteroatoms. The van der Waals surface area contributed by atoms with E-state index in [2.05, 4.69) is 29.1 Å². The highest BCUT2D eigenvalue weighted by Crippen LogP contribution is 2.30. The molecule has 2 N–H and O–H groups in total. The Balaban J connectivity index is 2.03. The number of amides is 1. The SMILES string of the molecule is CN1CCc2cc(-c3cccc(C(N)=O)n3)ccc21. The summed E-state index contributed by atoms with van der Waals surface area (Å²) in [6, 6.07) is 11.6. The summed E-state index contributed by atoms with van der Waals surface area (Å²) in [7, 11) is 2.09. The molecule has 0 radical (unpaired) electrons. The lowest BCUT2D eigenvalue weighted by Gasteiger charge is -2.12. The highest BCUT2D eigenvalue weighted by atomic mass is 16.1. The van der Waals surface area contributed by atoms with Gasteiger partial charge in [-0.2, -0.15) is 0 Å². The van der Waals surface area contributed by atoms with Crippen LogP contribution in [-0.2, 0) is 6.42 Å². The van der Waals surface area contributed by atoms with Crippen LogP contribution in [0, 0.1) is 0 Å². The van der Waals surface area contributed by atoms with Crippen molar-refractivity contribution in [3.63, 3.8) is 0 Å². The van der Waals surface area contributed by atoms with Gasteiger partial charge in [-0.05, 0) is 36.2 Å². The van der Waals surface area contributed by atoms with Crippen LogP contribution in [0.15, 0.2) is 36.4 Å². The highest BCUT2D eigenvalue weighted by molar-refractivity contribution is 5.91. The van der Waals surface area contributed by atoms with Gasteiger partial charge in [0.1, 0.15) is 5.69 Å². The van der Waals surface area contributed by atoms with Crippen molar-refractivity contribution in [3.8, 4) is 11.3 Å². The Morgan fingerprint density at radius 3 is 2.95 bits per heavy atom. The average molecular weight is 253 g/mol. The third kappa shape index (κ3) is 2.05. The molecule has 4 nitrogen and oxygen atoms in total. The smallest absolute Gasteiger partial charge is 0.267 e. The van der Waals surface area contributed by atoms with Gasteiger partial charge in [-0.3, -0.25) is 4.79 Å². The number of hydrogen-bond acceptors (Lipinski definition) is 3. The zero-order chi connectivity index (χ0) is 13.4. The Labute approximate surface area is 111 Å². The molecule has 0 fully saturated rings. The van der Waals surface area contributed by atoms with E-state index in [1.54, 1.807) is 6.07 Å². The second-order valence-corrected chi connectivity index (χ2v) is 4.79. The van der Waals surface area contributed by atoms with Crippen LogP contribution in [0.3, 0.4) is 0 Å². The van der Waals surface area contributed by atoms with Gasteiger partial charge in [0.25, 0.3) is 5.91 Å². The first-order valence-corrected chi connectivity index (χ1v) is 6.26. The number of aromatic nitrogens is 1. The maximum atomic E-state index is 11.2. The van der Waals surface area contributed by atoms with Crippen molar-refractivity contribution in [2.75, 3.05) is 18.5 Å². The molecular weight excluding hydrogens is 238 g/mol. The molecule has 3 rings (SSSR count). The number of nitrogens with two attached hydrogens (primary N) is 1. The maximum Gasteiger partial charge on any atom is 0.267 e. The molecule has 1 aromatic heterocycles. The molecule has 0 atom stereocenters. The first-order valence-electron chi connectivity index (χ1n) is 6.26. The molecule has 1 aliphatic rings. The summed E-state index contributed by atoms with van der Waals surface area (Å²) in [4.78, 5) is 17.7. The number of likely N-dealkylation sites (N-methyl/N-ethyl adjacent to an activating group) is 1. The third-order valence-corrected chi connectivity index (χ3v) is 3.50. The summed E-state index contributed by atoms with van der Waals surface area (Å²) in [5.41, 5.74) is 9.97. The molecule has 0 saturated heterocycles. The zero-order valence-corrected chi connectivity index (χ0v) is 10.8. The largest absolute Gasteiger partial charge is 0.374 e. The van der Waals surface area contributed by atoms with Crippen LogP contribution < -0.4 is 10.6 Å². The van der Waals surface area contributed by atoms with Gasteiger partial charge < -0.3 is 10.6 Å². The highest BCUT2D eigenvalue weighted by Gasteiger charge is 2.16. The maximum absolute atomic E-state index is 11.2. The van der Waals surface area contributed by atoms with Crippen LogP contribution in [0.2, 0.25) is 0 Å². The second-order valence-electron chi connectivity index (χ2n) is 4.79. The predicted octanol–water partition coefficient (Wildman–Crippen LogP) is 1.84. The van der Waals surface area contributed by atoms with Gasteiger partial charge in [-0.25, -0.2) is 4.98 Å². The van der Waals surface area contributed by atoms with Crippen LogP contribution in [0.5, 0.6) is 0 Å². The fraction of sp³-hybridized carbons (Fsp3) is 0.200. The predicted molar refractivity (Wildman–Crippen MR) is 75.2 cm³/mol. The fourth-order valence-electron chi connectivity index (χ4n) is 2.46. The van der Waals surface area contributed by atoms with Crippen LogP contribution in [0.25, 0.3) is 11.3 Å². The summed E-state index contributed by atoms with van der Waals surface area (Å²) in [5, 5.41) is 0. The number of nitrogens with zero attached hydrogens (tertiary/aromatic N) is 2. The van der Waals surface area contributed by atoms with Crippen LogP contribution in [0.1, 0.15) is 16.1 Å². The lowest BCUT2D eigenvalue weighted by Crippen LogP contribution is -2.13. The van der Waals surface area contributed by atoms with Crippen molar-refractivity contribution >= 4 is 11.6 Å². The van der Waals surface area contributed by atoms with Gasteiger partial charge in [0.05, 0.1) is 5.69 Å². The first-order chi connectivity index (χ1) is 9.15. The van der Waals surface area contributed by atoms with Crippen molar-refractivity contribution in [3.05, 3.63) is 47.7 Å². The minimum Gasteiger partial charge on any atom is -0.374 e. The molecule has 0 bridgehead atoms. The van der Waals surface area contributed by atoms with E-state index in [-0.39, 0.29) is 0 Å². The fourth-order valence-corrected chi connectivity index (χ4v) is 2.46. The normalized spacial score (nSPS) is 13.4. The van der Waals surface area contributed by atoms with Gasteiger partial charge in [0, 0.05) is 24.8 Å². The van der Waals surface area contributed by atoms with E-state index in [1.807, 2.05) is 18.2 Å². The second kappa shape index (κ2) is 4.39. The Hall–Kier alpha value is -2.36. The molecule has 96 valence electrons. The van der Waals surface area contributed by atoms with E-state index >= 15 is 0 Å². The van der Waals surface area contributed by atoms with Crippen LogP contribution in [0.4, 0.5) is 5.69 Å². The number of hydrogen-bond donors (Lipinski definition) is 1. The molecule has 19 heavy (non-hydrogen) atoms. The average Bonchev–Trinajstić information content (AvgIpc) is 2.80. The quantitative estimate of drug-likeness (QED) is 0.888. The summed E-state index contributed by atoms with van der Waals surface area (Å²) in [6.45, 7) is 1.05. The number of primary amides is 1. The number of fused-ring (bicyclic) bond motifs is 1. The Morgan fingerprint density at radius 1 is 1.32 bits per heavy atom. The molecule has 0 saturated carbocycles. The summed E-state index contributed by atoms with van der Waals surface area (Å²) in [6.07, 6.45) is 1.05. The van der Waals surface area contributed by atoms with Crippen molar-refractivity contribution in [2.24, 2.45) is 5.73 Å². The molecular formula is C15H15N3O. The Kier molecular flexibility index (Phi) is 2.71. The summed E-state index contributed by atoms with van der Waals surface area (Å²) >= 11 is 0. The molecule has 2 heterocycles. The topological polar surface area (TPSA) is 59.2 Å². The summed E-state index contributed by atoms with van der Waals surface area (Å²) in [5.74, 6) is -0.497. The van der Waals surface area contributed by atoms with Gasteiger partial charge in [0.15, 0.2) is 0 Å². The zero-order valence-electron chi connectivity index (χ0n) is 10.8. The monoisotopic (exact) mass is 253 g/mol. The van der Waals surface area contributed by atoms with E-state index in [0.29, 0.717) is 5.69 Å². The van der Waals surface area contributed by atoms with E-state index in [4.69, 9.17) is 5.73 Å². The van der Waals surface area contributed by atoms with E-state index in [0.717, 1.165) is 24.2 Å². The van der Waals surface area contributed by atoms with Crippen molar-refractivity contribution in [1.29, 1.82) is 0 Å². The molecule has 1 aromatic carbocycles. The molecule has 2 aromatic rings. The lowest BCUT2D eigenvalue weighted by molar-refractivity contribution is 0.0995. The van der Waals surface area contributed by atoms with Crippen molar-refractivity contribution in [1.82, 2.24) is 4.98 Å². The van der Waals surface area contributed by atoms with E-state index in [1.165, 1.54) is 11.3 Å². The van der Waals surface area contributed by atoms with Crippen LogP contribution >= 0.6 is 0 Å². The van der Waals surface area contributed by atoms with Gasteiger partial charge in [-0.1, -0.05) is 12.1 Å². The minimum atomic E-state index is -0.497. The Bertz CT molecular complexity index is 652. The molecule has 0 aliphatic carbocycles. The Morgan fingerprint density at radius 2 is 2.16 bits per heavy atom. The molecule has 0 spiro atoms. The molecule has 1 aliphatic heterocycles. The van der Waals surface area contributed by atoms with E-state index in [9.17, 15) is 4.79 Å². The third-order valence-electron chi connectivity index (χ3n) is 3.50. The number of carbonyl (C=O) groups is 1. The summed E-state index contributed by atoms with van der Waals surface area (Å²) < 4.78 is 0. The molecule has 1 amide bonds. The first kappa shape index (κ1) is 11.7.